The minimum Gasteiger partial charge on any atom is -0.451 e. The van der Waals surface area contributed by atoms with Crippen LogP contribution >= 0.6 is 0 Å². The van der Waals surface area contributed by atoms with Gasteiger partial charge < -0.3 is 4.74 Å². The number of benzene rings is 1. The van der Waals surface area contributed by atoms with Crippen molar-refractivity contribution in [3.05, 3.63) is 71.2 Å². The third-order valence-electron chi connectivity index (χ3n) is 4.41. The SMILES string of the molecule is CCCC(=O)OC(c1ccccn1)c1cc(C(F)(F)F)nc2c(C(F)(F)F)cccc12. The van der Waals surface area contributed by atoms with Gasteiger partial charge in [0.15, 0.2) is 6.10 Å². The molecule has 31 heavy (non-hydrogen) atoms. The molecule has 0 fully saturated rings. The number of alkyl halides is 6. The summed E-state index contributed by atoms with van der Waals surface area (Å²) in [5.74, 6) is -0.719. The molecule has 0 saturated carbocycles. The van der Waals surface area contributed by atoms with Crippen molar-refractivity contribution in [2.24, 2.45) is 0 Å². The fraction of sp³-hybridized carbons (Fsp3) is 0.286. The van der Waals surface area contributed by atoms with Crippen LogP contribution in [0.3, 0.4) is 0 Å². The molecule has 2 aromatic heterocycles. The molecule has 1 unspecified atom stereocenters. The molecule has 4 nitrogen and oxygen atoms in total. The number of para-hydroxylation sites is 1. The van der Waals surface area contributed by atoms with Gasteiger partial charge in [0.25, 0.3) is 0 Å². The number of carbonyl (C=O) groups excluding carboxylic acids is 1. The predicted molar refractivity (Wildman–Crippen MR) is 98.8 cm³/mol. The molecule has 0 N–H and O–H groups in total. The molecular weight excluding hydrogens is 426 g/mol. The lowest BCUT2D eigenvalue weighted by molar-refractivity contribution is -0.147. The quantitative estimate of drug-likeness (QED) is 0.354. The topological polar surface area (TPSA) is 52.1 Å². The van der Waals surface area contributed by atoms with Crippen LogP contribution in [0.1, 0.15) is 48.4 Å². The van der Waals surface area contributed by atoms with Crippen molar-refractivity contribution in [3.8, 4) is 0 Å². The van der Waals surface area contributed by atoms with Crippen LogP contribution in [0.2, 0.25) is 0 Å². The van der Waals surface area contributed by atoms with E-state index in [9.17, 15) is 31.1 Å². The number of fused-ring (bicyclic) bond motifs is 1. The van der Waals surface area contributed by atoms with Crippen LogP contribution in [0.25, 0.3) is 10.9 Å². The molecule has 3 aromatic rings. The lowest BCUT2D eigenvalue weighted by Gasteiger charge is -2.22. The largest absolute Gasteiger partial charge is 0.451 e. The summed E-state index contributed by atoms with van der Waals surface area (Å²) in [6.45, 7) is 1.70. The Morgan fingerprint density at radius 1 is 1.03 bits per heavy atom. The Labute approximate surface area is 172 Å². The van der Waals surface area contributed by atoms with Gasteiger partial charge in [-0.25, -0.2) is 4.98 Å². The van der Waals surface area contributed by atoms with Gasteiger partial charge in [-0.15, -0.1) is 0 Å². The Morgan fingerprint density at radius 2 is 1.77 bits per heavy atom. The van der Waals surface area contributed by atoms with Crippen LogP contribution in [-0.2, 0) is 21.9 Å². The van der Waals surface area contributed by atoms with Crippen LogP contribution in [0.15, 0.2) is 48.7 Å². The average Bonchev–Trinajstić information content (AvgIpc) is 2.70. The minimum atomic E-state index is -5.02. The van der Waals surface area contributed by atoms with Crippen molar-refractivity contribution in [2.45, 2.75) is 38.2 Å². The number of halogens is 6. The number of hydrogen-bond donors (Lipinski definition) is 0. The van der Waals surface area contributed by atoms with Crippen LogP contribution in [0, 0.1) is 0 Å². The number of aromatic nitrogens is 2. The van der Waals surface area contributed by atoms with Crippen molar-refractivity contribution in [2.75, 3.05) is 0 Å². The van der Waals surface area contributed by atoms with Crippen LogP contribution in [0.5, 0.6) is 0 Å². The summed E-state index contributed by atoms with van der Waals surface area (Å²) in [4.78, 5) is 19.5. The molecule has 0 bridgehead atoms. The summed E-state index contributed by atoms with van der Waals surface area (Å²) in [7, 11) is 0. The molecule has 2 heterocycles. The summed E-state index contributed by atoms with van der Waals surface area (Å²) >= 11 is 0. The van der Waals surface area contributed by atoms with Gasteiger partial charge in [0, 0.05) is 23.6 Å². The molecule has 0 aliphatic carbocycles. The molecule has 0 spiro atoms. The average molecular weight is 442 g/mol. The molecule has 1 atom stereocenters. The van der Waals surface area contributed by atoms with E-state index in [1.54, 1.807) is 13.0 Å². The second-order valence-corrected chi connectivity index (χ2v) is 6.67. The van der Waals surface area contributed by atoms with Gasteiger partial charge in [0.05, 0.1) is 16.8 Å². The van der Waals surface area contributed by atoms with Crippen molar-refractivity contribution >= 4 is 16.9 Å². The molecule has 0 aliphatic heterocycles. The third-order valence-corrected chi connectivity index (χ3v) is 4.41. The summed E-state index contributed by atoms with van der Waals surface area (Å²) in [6, 6.07) is 8.00. The van der Waals surface area contributed by atoms with E-state index in [2.05, 4.69) is 9.97 Å². The van der Waals surface area contributed by atoms with Gasteiger partial charge >= 0.3 is 18.3 Å². The Morgan fingerprint density at radius 3 is 2.35 bits per heavy atom. The van der Waals surface area contributed by atoms with Gasteiger partial charge in [-0.2, -0.15) is 26.3 Å². The molecular formula is C21H16F6N2O2. The molecule has 10 heteroatoms. The number of esters is 1. The fourth-order valence-corrected chi connectivity index (χ4v) is 3.07. The standard InChI is InChI=1S/C21H16F6N2O2/c1-2-6-17(30)31-19(15-9-3-4-10-28-15)13-11-16(21(25,26)27)29-18-12(13)7-5-8-14(18)20(22,23)24/h3-5,7-11,19H,2,6H2,1H3. The highest BCUT2D eigenvalue weighted by Gasteiger charge is 2.38. The van der Waals surface area contributed by atoms with E-state index in [0.717, 1.165) is 6.07 Å². The van der Waals surface area contributed by atoms with E-state index in [1.165, 1.54) is 24.4 Å². The monoisotopic (exact) mass is 442 g/mol. The zero-order valence-electron chi connectivity index (χ0n) is 16.1. The number of ether oxygens (including phenoxy) is 1. The smallest absolute Gasteiger partial charge is 0.433 e. The molecule has 0 radical (unpaired) electrons. The van der Waals surface area contributed by atoms with Gasteiger partial charge in [-0.05, 0) is 30.7 Å². The van der Waals surface area contributed by atoms with Crippen LogP contribution < -0.4 is 0 Å². The van der Waals surface area contributed by atoms with Crippen LogP contribution in [0.4, 0.5) is 26.3 Å². The normalized spacial score (nSPS) is 13.3. The van der Waals surface area contributed by atoms with Crippen LogP contribution in [-0.4, -0.2) is 15.9 Å². The highest BCUT2D eigenvalue weighted by atomic mass is 19.4. The van der Waals surface area contributed by atoms with E-state index < -0.39 is 41.2 Å². The van der Waals surface area contributed by atoms with E-state index in [4.69, 9.17) is 4.74 Å². The molecule has 1 aromatic carbocycles. The van der Waals surface area contributed by atoms with Gasteiger partial charge in [0.1, 0.15) is 5.69 Å². The maximum absolute atomic E-state index is 13.5. The van der Waals surface area contributed by atoms with E-state index in [1.807, 2.05) is 0 Å². The Balaban J connectivity index is 2.34. The van der Waals surface area contributed by atoms with E-state index >= 15 is 0 Å². The number of pyridine rings is 2. The summed E-state index contributed by atoms with van der Waals surface area (Å²) in [5, 5.41) is -0.220. The van der Waals surface area contributed by atoms with Crippen molar-refractivity contribution < 1.29 is 35.9 Å². The zero-order chi connectivity index (χ0) is 22.8. The Kier molecular flexibility index (Phi) is 6.19. The summed E-state index contributed by atoms with van der Waals surface area (Å²) in [6.07, 6.45) is -9.68. The molecule has 3 rings (SSSR count). The van der Waals surface area contributed by atoms with Crippen molar-refractivity contribution in [3.63, 3.8) is 0 Å². The Hall–Kier alpha value is -3.17. The van der Waals surface area contributed by atoms with Crippen molar-refractivity contribution in [1.29, 1.82) is 0 Å². The first kappa shape index (κ1) is 22.5. The van der Waals surface area contributed by atoms with E-state index in [-0.39, 0.29) is 23.1 Å². The summed E-state index contributed by atoms with van der Waals surface area (Å²) < 4.78 is 86.4. The predicted octanol–water partition coefficient (Wildman–Crippen LogP) is 6.10. The molecule has 0 saturated heterocycles. The Bertz CT molecular complexity index is 1080. The second kappa shape index (κ2) is 8.52. The van der Waals surface area contributed by atoms with Crippen molar-refractivity contribution in [1.82, 2.24) is 9.97 Å². The lowest BCUT2D eigenvalue weighted by Crippen LogP contribution is -2.17. The molecule has 0 amide bonds. The fourth-order valence-electron chi connectivity index (χ4n) is 3.07. The van der Waals surface area contributed by atoms with Gasteiger partial charge in [-0.1, -0.05) is 25.1 Å². The lowest BCUT2D eigenvalue weighted by atomic mass is 9.97. The summed E-state index contributed by atoms with van der Waals surface area (Å²) in [5.41, 5.74) is -3.94. The van der Waals surface area contributed by atoms with Gasteiger partial charge in [0.2, 0.25) is 0 Å². The first-order valence-electron chi connectivity index (χ1n) is 9.20. The number of rotatable bonds is 5. The van der Waals surface area contributed by atoms with E-state index in [0.29, 0.717) is 18.6 Å². The molecule has 164 valence electrons. The third kappa shape index (κ3) is 4.95. The first-order chi connectivity index (χ1) is 14.5. The van der Waals surface area contributed by atoms with Gasteiger partial charge in [-0.3, -0.25) is 9.78 Å². The maximum atomic E-state index is 13.5. The highest BCUT2D eigenvalue weighted by molar-refractivity contribution is 5.87. The number of carbonyl (C=O) groups is 1. The minimum absolute atomic E-state index is 0.0215. The second-order valence-electron chi connectivity index (χ2n) is 6.67. The first-order valence-corrected chi connectivity index (χ1v) is 9.20. The maximum Gasteiger partial charge on any atom is 0.433 e. The number of nitrogens with zero attached hydrogens (tertiary/aromatic N) is 2. The zero-order valence-corrected chi connectivity index (χ0v) is 16.1. The number of hydrogen-bond acceptors (Lipinski definition) is 4. The molecule has 0 aliphatic rings. The highest BCUT2D eigenvalue weighted by Crippen LogP contribution is 2.40.